The van der Waals surface area contributed by atoms with E-state index in [1.54, 1.807) is 12.1 Å². The molecule has 1 aromatic carbocycles. The molecule has 0 radical (unpaired) electrons. The molecule has 1 heterocycles. The van der Waals surface area contributed by atoms with Crippen LogP contribution in [0.2, 0.25) is 0 Å². The summed E-state index contributed by atoms with van der Waals surface area (Å²) in [7, 11) is 0. The van der Waals surface area contributed by atoms with E-state index in [0.29, 0.717) is 24.9 Å². The van der Waals surface area contributed by atoms with E-state index >= 15 is 0 Å². The van der Waals surface area contributed by atoms with Crippen molar-refractivity contribution in [2.75, 3.05) is 6.54 Å². The van der Waals surface area contributed by atoms with Crippen LogP contribution in [0.1, 0.15) is 48.0 Å². The van der Waals surface area contributed by atoms with Crippen molar-refractivity contribution in [3.8, 4) is 6.07 Å². The maximum Gasteiger partial charge on any atom is 0.251 e. The number of hydrogen-bond acceptors (Lipinski definition) is 3. The molecule has 1 saturated heterocycles. The predicted molar refractivity (Wildman–Crippen MR) is 81.1 cm³/mol. The predicted octanol–water partition coefficient (Wildman–Crippen LogP) is 1.64. The second-order valence-electron chi connectivity index (χ2n) is 6.12. The zero-order valence-corrected chi connectivity index (χ0v) is 12.4. The number of carbonyl (C=O) groups is 2. The zero-order chi connectivity index (χ0) is 15.6. The highest BCUT2D eigenvalue weighted by molar-refractivity contribution is 5.94. The third kappa shape index (κ3) is 2.96. The molecule has 5 nitrogen and oxygen atoms in total. The van der Waals surface area contributed by atoms with Gasteiger partial charge in [-0.3, -0.25) is 9.59 Å². The second-order valence-corrected chi connectivity index (χ2v) is 6.12. The van der Waals surface area contributed by atoms with Gasteiger partial charge < -0.3 is 10.6 Å². The molecule has 2 fully saturated rings. The van der Waals surface area contributed by atoms with Gasteiger partial charge in [-0.2, -0.15) is 5.26 Å². The lowest BCUT2D eigenvalue weighted by Gasteiger charge is -2.16. The van der Waals surface area contributed by atoms with Crippen molar-refractivity contribution in [2.24, 2.45) is 0 Å². The Hall–Kier alpha value is -2.35. The first-order chi connectivity index (χ1) is 10.6. The van der Waals surface area contributed by atoms with Gasteiger partial charge in [-0.25, -0.2) is 0 Å². The van der Waals surface area contributed by atoms with Gasteiger partial charge in [0.05, 0.1) is 11.5 Å². The van der Waals surface area contributed by atoms with Gasteiger partial charge >= 0.3 is 0 Å². The lowest BCUT2D eigenvalue weighted by atomic mass is 9.96. The molecule has 1 aliphatic heterocycles. The Balaban J connectivity index is 1.63. The molecule has 1 aromatic rings. The molecule has 1 aliphatic carbocycles. The lowest BCUT2D eigenvalue weighted by Crippen LogP contribution is -2.35. The van der Waals surface area contributed by atoms with Gasteiger partial charge in [0.2, 0.25) is 5.91 Å². The molecule has 22 heavy (non-hydrogen) atoms. The molecule has 2 amide bonds. The Kier molecular flexibility index (Phi) is 3.84. The van der Waals surface area contributed by atoms with Crippen LogP contribution in [0.3, 0.4) is 0 Å². The normalized spacial score (nSPS) is 22.9. The van der Waals surface area contributed by atoms with Crippen LogP contribution in [0.25, 0.3) is 0 Å². The van der Waals surface area contributed by atoms with Crippen molar-refractivity contribution in [1.82, 2.24) is 10.6 Å². The Morgan fingerprint density at radius 2 is 2.00 bits per heavy atom. The van der Waals surface area contributed by atoms with Gasteiger partial charge in [-0.15, -0.1) is 0 Å². The largest absolute Gasteiger partial charge is 0.356 e. The Morgan fingerprint density at radius 1 is 1.27 bits per heavy atom. The minimum absolute atomic E-state index is 0.0278. The number of nitrogens with one attached hydrogen (secondary N) is 2. The highest BCUT2D eigenvalue weighted by Gasteiger charge is 2.44. The standard InChI is InChI=1S/C17H19N3O2/c18-11-17(8-9-17)13-3-1-12(2-4-13)16(22)20-14-5-6-15(21)19-10-7-14/h1-4,14H,5-10H2,(H,19,21)(H,20,22). The highest BCUT2D eigenvalue weighted by Crippen LogP contribution is 2.47. The summed E-state index contributed by atoms with van der Waals surface area (Å²) in [5.74, 6) is -0.0694. The molecule has 2 N–H and O–H groups in total. The first-order valence-corrected chi connectivity index (χ1v) is 7.72. The topological polar surface area (TPSA) is 82.0 Å². The number of benzene rings is 1. The molecule has 1 saturated carbocycles. The van der Waals surface area contributed by atoms with Crippen molar-refractivity contribution < 1.29 is 9.59 Å². The SMILES string of the molecule is N#CC1(c2ccc(C(=O)NC3CCNC(=O)CC3)cc2)CC1. The average molecular weight is 297 g/mol. The molecule has 3 rings (SSSR count). The van der Waals surface area contributed by atoms with E-state index in [2.05, 4.69) is 16.7 Å². The van der Waals surface area contributed by atoms with E-state index in [4.69, 9.17) is 0 Å². The molecule has 2 aliphatic rings. The summed E-state index contributed by atoms with van der Waals surface area (Å²) in [6, 6.07) is 9.70. The third-order valence-electron chi connectivity index (χ3n) is 4.53. The van der Waals surface area contributed by atoms with Crippen LogP contribution in [0.4, 0.5) is 0 Å². The third-order valence-corrected chi connectivity index (χ3v) is 4.53. The van der Waals surface area contributed by atoms with Crippen LogP contribution < -0.4 is 10.6 Å². The van der Waals surface area contributed by atoms with Crippen molar-refractivity contribution >= 4 is 11.8 Å². The molecule has 0 aromatic heterocycles. The van der Waals surface area contributed by atoms with Gasteiger partial charge in [0.15, 0.2) is 0 Å². The second kappa shape index (κ2) is 5.80. The van der Waals surface area contributed by atoms with Gasteiger partial charge in [0.1, 0.15) is 0 Å². The number of nitrogens with zero attached hydrogens (tertiary/aromatic N) is 1. The number of carbonyl (C=O) groups excluding carboxylic acids is 2. The molecule has 1 atom stereocenters. The average Bonchev–Trinajstić information content (AvgIpc) is 3.34. The molecular formula is C17H19N3O2. The summed E-state index contributed by atoms with van der Waals surface area (Å²) in [4.78, 5) is 23.6. The van der Waals surface area contributed by atoms with Gasteiger partial charge in [-0.1, -0.05) is 12.1 Å². The Morgan fingerprint density at radius 3 is 2.64 bits per heavy atom. The summed E-state index contributed by atoms with van der Waals surface area (Å²) < 4.78 is 0. The van der Waals surface area contributed by atoms with Crippen LogP contribution >= 0.6 is 0 Å². The van der Waals surface area contributed by atoms with Gasteiger partial charge in [0, 0.05) is 24.6 Å². The van der Waals surface area contributed by atoms with Crippen molar-refractivity contribution in [3.05, 3.63) is 35.4 Å². The summed E-state index contributed by atoms with van der Waals surface area (Å²) in [6.07, 6.45) is 3.69. The van der Waals surface area contributed by atoms with Gasteiger partial charge in [-0.05, 0) is 43.4 Å². The molecule has 0 spiro atoms. The summed E-state index contributed by atoms with van der Waals surface area (Å²) in [6.45, 7) is 0.605. The fourth-order valence-corrected chi connectivity index (χ4v) is 2.87. The van der Waals surface area contributed by atoms with E-state index in [1.165, 1.54) is 0 Å². The summed E-state index contributed by atoms with van der Waals surface area (Å²) in [5.41, 5.74) is 1.28. The fourth-order valence-electron chi connectivity index (χ4n) is 2.87. The van der Waals surface area contributed by atoms with Gasteiger partial charge in [0.25, 0.3) is 5.91 Å². The van der Waals surface area contributed by atoms with E-state index < -0.39 is 0 Å². The monoisotopic (exact) mass is 297 g/mol. The van der Waals surface area contributed by atoms with E-state index in [-0.39, 0.29) is 23.3 Å². The zero-order valence-electron chi connectivity index (χ0n) is 12.4. The van der Waals surface area contributed by atoms with Crippen molar-refractivity contribution in [3.63, 3.8) is 0 Å². The number of amides is 2. The maximum absolute atomic E-state index is 12.3. The highest BCUT2D eigenvalue weighted by atomic mass is 16.2. The van der Waals surface area contributed by atoms with E-state index in [1.807, 2.05) is 12.1 Å². The summed E-state index contributed by atoms with van der Waals surface area (Å²) >= 11 is 0. The van der Waals surface area contributed by atoms with E-state index in [0.717, 1.165) is 24.8 Å². The van der Waals surface area contributed by atoms with Crippen LogP contribution in [-0.2, 0) is 10.2 Å². The van der Waals surface area contributed by atoms with E-state index in [9.17, 15) is 14.9 Å². The van der Waals surface area contributed by atoms with Crippen LogP contribution in [0.15, 0.2) is 24.3 Å². The minimum Gasteiger partial charge on any atom is -0.356 e. The quantitative estimate of drug-likeness (QED) is 0.890. The minimum atomic E-state index is -0.317. The molecule has 5 heteroatoms. The summed E-state index contributed by atoms with van der Waals surface area (Å²) in [5, 5.41) is 15.0. The van der Waals surface area contributed by atoms with Crippen LogP contribution in [-0.4, -0.2) is 24.4 Å². The first-order valence-electron chi connectivity index (χ1n) is 7.72. The Labute approximate surface area is 129 Å². The number of nitriles is 1. The number of rotatable bonds is 3. The molecule has 114 valence electrons. The first kappa shape index (κ1) is 14.6. The Bertz CT molecular complexity index is 626. The molecule has 0 bridgehead atoms. The fraction of sp³-hybridized carbons (Fsp3) is 0.471. The van der Waals surface area contributed by atoms with Crippen LogP contribution in [0, 0.1) is 11.3 Å². The number of hydrogen-bond donors (Lipinski definition) is 2. The van der Waals surface area contributed by atoms with Crippen LogP contribution in [0.5, 0.6) is 0 Å². The lowest BCUT2D eigenvalue weighted by molar-refractivity contribution is -0.120. The van der Waals surface area contributed by atoms with Crippen molar-refractivity contribution in [1.29, 1.82) is 5.26 Å². The maximum atomic E-state index is 12.3. The molecular weight excluding hydrogens is 278 g/mol. The smallest absolute Gasteiger partial charge is 0.251 e. The molecule has 1 unspecified atom stereocenters. The van der Waals surface area contributed by atoms with Crippen molar-refractivity contribution in [2.45, 2.75) is 43.6 Å².